The summed E-state index contributed by atoms with van der Waals surface area (Å²) < 4.78 is 15.0. The first-order chi connectivity index (χ1) is 10.7. The van der Waals surface area contributed by atoms with E-state index in [2.05, 4.69) is 34.7 Å². The molecule has 1 nitrogen and oxygen atoms in total. The first kappa shape index (κ1) is 15.5. The number of hydrogen-bond acceptors (Lipinski definition) is 1. The van der Waals surface area contributed by atoms with E-state index in [-0.39, 0.29) is 0 Å². The minimum absolute atomic E-state index is 0.881. The maximum absolute atomic E-state index is 14.1. The van der Waals surface area contributed by atoms with E-state index in [1.165, 1.54) is 5.56 Å². The topological polar surface area (TPSA) is 17.1 Å². The van der Waals surface area contributed by atoms with Gasteiger partial charge < -0.3 is 4.57 Å². The van der Waals surface area contributed by atoms with Crippen molar-refractivity contribution in [2.75, 3.05) is 0 Å². The van der Waals surface area contributed by atoms with Gasteiger partial charge in [0.2, 0.25) is 0 Å². The van der Waals surface area contributed by atoms with Gasteiger partial charge in [0.05, 0.1) is 0 Å². The van der Waals surface area contributed by atoms with Crippen molar-refractivity contribution in [3.05, 3.63) is 90.5 Å². The summed E-state index contributed by atoms with van der Waals surface area (Å²) in [6, 6.07) is 27.7. The molecule has 110 valence electrons. The van der Waals surface area contributed by atoms with Crippen LogP contribution in [0.15, 0.2) is 84.9 Å². The number of rotatable bonds is 4. The summed E-state index contributed by atoms with van der Waals surface area (Å²) in [5, 5.41) is 2.66. The fraction of sp³-hybridized carbons (Fsp3) is 0.0526. The molecule has 0 fully saturated rings. The third-order valence-electron chi connectivity index (χ3n) is 3.67. The zero-order chi connectivity index (χ0) is 15.4. The Labute approximate surface area is 144 Å². The summed E-state index contributed by atoms with van der Waals surface area (Å²) in [4.78, 5) is 0. The molecule has 3 rings (SSSR count). The molecule has 0 spiro atoms. The molecule has 0 amide bonds. The van der Waals surface area contributed by atoms with Gasteiger partial charge in [-0.15, -0.1) is 0 Å². The quantitative estimate of drug-likeness (QED) is 0.352. The summed E-state index contributed by atoms with van der Waals surface area (Å²) in [6.07, 6.45) is 0. The largest absolute Gasteiger partial charge is 0.309 e. The van der Waals surface area contributed by atoms with E-state index in [0.717, 1.165) is 20.3 Å². The smallest absolute Gasteiger partial charge is 0.171 e. The zero-order valence-corrected chi connectivity index (χ0v) is 15.1. The van der Waals surface area contributed by atoms with Gasteiger partial charge in [0.25, 0.3) is 0 Å². The molecule has 0 aliphatic rings. The Morgan fingerprint density at radius 2 is 1.18 bits per heavy atom. The van der Waals surface area contributed by atoms with Crippen LogP contribution in [0.5, 0.6) is 0 Å². The predicted molar refractivity (Wildman–Crippen MR) is 104 cm³/mol. The van der Waals surface area contributed by atoms with E-state index in [9.17, 15) is 4.57 Å². The van der Waals surface area contributed by atoms with Crippen LogP contribution in [0, 0.1) is 0 Å². The van der Waals surface area contributed by atoms with Crippen LogP contribution in [0.3, 0.4) is 0 Å². The zero-order valence-electron chi connectivity index (χ0n) is 12.0. The van der Waals surface area contributed by atoms with Crippen LogP contribution < -0.4 is 15.9 Å². The molecule has 0 radical (unpaired) electrons. The molecule has 3 aromatic rings. The standard InChI is InChI=1S/C19H16IOP/c20-15-16-8-7-13-19(14-16)22(21,17-9-3-1-4-10-17)18-11-5-2-6-12-18/h1-14H,15H2. The van der Waals surface area contributed by atoms with Gasteiger partial charge in [-0.05, 0) is 11.6 Å². The van der Waals surface area contributed by atoms with Crippen LogP contribution in [0.25, 0.3) is 0 Å². The van der Waals surface area contributed by atoms with E-state index < -0.39 is 7.14 Å². The summed E-state index contributed by atoms with van der Waals surface area (Å²) in [5.74, 6) is 0. The Morgan fingerprint density at radius 1 is 0.682 bits per heavy atom. The molecule has 0 aliphatic heterocycles. The molecular weight excluding hydrogens is 402 g/mol. The van der Waals surface area contributed by atoms with E-state index >= 15 is 0 Å². The minimum Gasteiger partial charge on any atom is -0.309 e. The monoisotopic (exact) mass is 418 g/mol. The molecule has 0 bridgehead atoms. The van der Waals surface area contributed by atoms with Gasteiger partial charge in [-0.1, -0.05) is 101 Å². The molecule has 0 N–H and O–H groups in total. The van der Waals surface area contributed by atoms with E-state index in [0.29, 0.717) is 0 Å². The minimum atomic E-state index is -2.82. The SMILES string of the molecule is O=P(c1ccccc1)(c1ccccc1)c1cccc(CI)c1. The highest BCUT2D eigenvalue weighted by Crippen LogP contribution is 2.42. The summed E-state index contributed by atoms with van der Waals surface area (Å²) in [6.45, 7) is 0. The second-order valence-electron chi connectivity index (χ2n) is 5.08. The van der Waals surface area contributed by atoms with Crippen molar-refractivity contribution in [2.24, 2.45) is 0 Å². The number of alkyl halides is 1. The molecule has 0 saturated heterocycles. The van der Waals surface area contributed by atoms with Gasteiger partial charge in [-0.2, -0.15) is 0 Å². The van der Waals surface area contributed by atoms with Crippen molar-refractivity contribution in [3.63, 3.8) is 0 Å². The lowest BCUT2D eigenvalue weighted by molar-refractivity contribution is 0.592. The average molecular weight is 418 g/mol. The Balaban J connectivity index is 2.26. The van der Waals surface area contributed by atoms with Gasteiger partial charge in [-0.3, -0.25) is 0 Å². The first-order valence-corrected chi connectivity index (χ1v) is 10.3. The first-order valence-electron chi connectivity index (χ1n) is 7.12. The van der Waals surface area contributed by atoms with Gasteiger partial charge in [0.1, 0.15) is 0 Å². The van der Waals surface area contributed by atoms with Crippen molar-refractivity contribution in [1.82, 2.24) is 0 Å². The molecule has 0 heterocycles. The van der Waals surface area contributed by atoms with E-state index in [1.54, 1.807) is 0 Å². The van der Waals surface area contributed by atoms with E-state index in [1.807, 2.05) is 72.8 Å². The van der Waals surface area contributed by atoms with Crippen LogP contribution >= 0.6 is 29.7 Å². The molecule has 3 aromatic carbocycles. The molecule has 0 aliphatic carbocycles. The summed E-state index contributed by atoms with van der Waals surface area (Å²) in [5.41, 5.74) is 1.20. The van der Waals surface area contributed by atoms with Crippen LogP contribution in [0.1, 0.15) is 5.56 Å². The number of benzene rings is 3. The van der Waals surface area contributed by atoms with Crippen molar-refractivity contribution >= 4 is 45.6 Å². The van der Waals surface area contributed by atoms with Crippen molar-refractivity contribution < 1.29 is 4.57 Å². The lowest BCUT2D eigenvalue weighted by atomic mass is 10.2. The lowest BCUT2D eigenvalue weighted by Crippen LogP contribution is -2.25. The summed E-state index contributed by atoms with van der Waals surface area (Å²) in [7, 11) is -2.82. The molecule has 0 atom stereocenters. The molecular formula is C19H16IOP. The highest BCUT2D eigenvalue weighted by molar-refractivity contribution is 14.1. The van der Waals surface area contributed by atoms with Crippen molar-refractivity contribution in [1.29, 1.82) is 0 Å². The fourth-order valence-corrected chi connectivity index (χ4v) is 5.76. The summed E-state index contributed by atoms with van der Waals surface area (Å²) >= 11 is 2.34. The Kier molecular flexibility index (Phi) is 4.80. The fourth-order valence-electron chi connectivity index (χ4n) is 2.56. The van der Waals surface area contributed by atoms with Gasteiger partial charge in [-0.25, -0.2) is 0 Å². The number of halogens is 1. The third kappa shape index (κ3) is 2.90. The average Bonchev–Trinajstić information content (AvgIpc) is 2.62. The second kappa shape index (κ2) is 6.80. The van der Waals surface area contributed by atoms with Crippen LogP contribution in [-0.4, -0.2) is 0 Å². The second-order valence-corrected chi connectivity index (χ2v) is 8.61. The molecule has 0 saturated carbocycles. The van der Waals surface area contributed by atoms with Crippen LogP contribution in [0.2, 0.25) is 0 Å². The van der Waals surface area contributed by atoms with Gasteiger partial charge in [0, 0.05) is 20.3 Å². The normalized spacial score (nSPS) is 11.3. The third-order valence-corrected chi connectivity index (χ3v) is 7.60. The molecule has 3 heteroatoms. The molecule has 0 unspecified atom stereocenters. The highest BCUT2D eigenvalue weighted by atomic mass is 127. The maximum atomic E-state index is 14.1. The van der Waals surface area contributed by atoms with Crippen LogP contribution in [0.4, 0.5) is 0 Å². The van der Waals surface area contributed by atoms with Crippen molar-refractivity contribution in [2.45, 2.75) is 4.43 Å². The van der Waals surface area contributed by atoms with Crippen LogP contribution in [-0.2, 0) is 8.99 Å². The van der Waals surface area contributed by atoms with E-state index in [4.69, 9.17) is 0 Å². The highest BCUT2D eigenvalue weighted by Gasteiger charge is 2.29. The maximum Gasteiger partial charge on any atom is 0.171 e. The Morgan fingerprint density at radius 3 is 1.68 bits per heavy atom. The van der Waals surface area contributed by atoms with Crippen molar-refractivity contribution in [3.8, 4) is 0 Å². The predicted octanol–water partition coefficient (Wildman–Crippen LogP) is 4.26. The Bertz CT molecular complexity index is 756. The Hall–Kier alpha value is -1.38. The van der Waals surface area contributed by atoms with Gasteiger partial charge >= 0.3 is 0 Å². The molecule has 0 aromatic heterocycles. The molecule has 22 heavy (non-hydrogen) atoms. The number of hydrogen-bond donors (Lipinski definition) is 0. The van der Waals surface area contributed by atoms with Gasteiger partial charge in [0.15, 0.2) is 7.14 Å². The lowest BCUT2D eigenvalue weighted by Gasteiger charge is -2.20.